The summed E-state index contributed by atoms with van der Waals surface area (Å²) >= 11 is 0. The molecule has 0 aromatic heterocycles. The van der Waals surface area contributed by atoms with Gasteiger partial charge < -0.3 is 29.6 Å². The van der Waals surface area contributed by atoms with E-state index < -0.39 is 24.1 Å². The Balaban J connectivity index is 1.63. The van der Waals surface area contributed by atoms with E-state index in [-0.39, 0.29) is 50.5 Å². The number of hydrogen-bond donors (Lipinski definition) is 1. The molecule has 2 amide bonds. The standard InChI is InChI=1S/C28H28N2O8/c1-3-10-35-26(32)24-22(15-23-21(25(31)30(23)24)9-12-37-28(34)36-11-4-2)18-13-17-7-5-6-8-20(17)19(14-18)16-38-27(29)33/h3-8,13-14,21,23H,1-2,9-12,15-16H2,(H2,29,33)/t21-,23+/m0/s1. The molecule has 2 N–H and O–H groups in total. The quantitative estimate of drug-likeness (QED) is 0.204. The third-order valence-corrected chi connectivity index (χ3v) is 6.45. The van der Waals surface area contributed by atoms with E-state index in [1.54, 1.807) is 0 Å². The van der Waals surface area contributed by atoms with Gasteiger partial charge in [-0.15, -0.1) is 0 Å². The zero-order valence-electron chi connectivity index (χ0n) is 20.7. The van der Waals surface area contributed by atoms with Crippen molar-refractivity contribution in [2.75, 3.05) is 19.8 Å². The van der Waals surface area contributed by atoms with Crippen LogP contribution in [0, 0.1) is 5.92 Å². The van der Waals surface area contributed by atoms with Crippen LogP contribution in [0.5, 0.6) is 0 Å². The predicted molar refractivity (Wildman–Crippen MR) is 137 cm³/mol. The van der Waals surface area contributed by atoms with E-state index in [0.29, 0.717) is 23.1 Å². The molecule has 2 aromatic carbocycles. The van der Waals surface area contributed by atoms with Crippen molar-refractivity contribution in [2.24, 2.45) is 11.7 Å². The lowest BCUT2D eigenvalue weighted by Gasteiger charge is -2.43. The highest BCUT2D eigenvalue weighted by atomic mass is 16.7. The van der Waals surface area contributed by atoms with Gasteiger partial charge in [-0.1, -0.05) is 49.6 Å². The molecule has 1 saturated heterocycles. The highest BCUT2D eigenvalue weighted by molar-refractivity contribution is 6.07. The van der Waals surface area contributed by atoms with Gasteiger partial charge in [0.25, 0.3) is 0 Å². The molecule has 0 saturated carbocycles. The zero-order chi connectivity index (χ0) is 27.2. The summed E-state index contributed by atoms with van der Waals surface area (Å²) in [6, 6.07) is 11.0. The second-order valence-electron chi connectivity index (χ2n) is 8.75. The first kappa shape index (κ1) is 26.5. The first-order chi connectivity index (χ1) is 18.3. The van der Waals surface area contributed by atoms with Crippen LogP contribution in [0.2, 0.25) is 0 Å². The molecule has 0 aliphatic carbocycles. The number of primary amides is 1. The molecule has 198 valence electrons. The topological polar surface area (TPSA) is 134 Å². The van der Waals surface area contributed by atoms with Crippen LogP contribution in [0.3, 0.4) is 0 Å². The zero-order valence-corrected chi connectivity index (χ0v) is 20.7. The van der Waals surface area contributed by atoms with Gasteiger partial charge in [0.05, 0.1) is 18.6 Å². The van der Waals surface area contributed by atoms with E-state index in [1.165, 1.54) is 17.1 Å². The smallest absolute Gasteiger partial charge is 0.457 e. The lowest BCUT2D eigenvalue weighted by Crippen LogP contribution is -2.58. The van der Waals surface area contributed by atoms with Gasteiger partial charge in [-0.2, -0.15) is 0 Å². The van der Waals surface area contributed by atoms with Crippen LogP contribution in [0.1, 0.15) is 24.0 Å². The Morgan fingerprint density at radius 1 is 1.03 bits per heavy atom. The van der Waals surface area contributed by atoms with Gasteiger partial charge in [0.15, 0.2) is 0 Å². The summed E-state index contributed by atoms with van der Waals surface area (Å²) in [5, 5.41) is 1.73. The van der Waals surface area contributed by atoms with Crippen molar-refractivity contribution < 1.29 is 38.1 Å². The molecular formula is C28H28N2O8. The fourth-order valence-electron chi connectivity index (χ4n) is 4.83. The number of β-lactam (4-membered cyclic amide) rings is 1. The number of fused-ring (bicyclic) bond motifs is 2. The molecule has 10 nitrogen and oxygen atoms in total. The highest BCUT2D eigenvalue weighted by Gasteiger charge is 2.55. The summed E-state index contributed by atoms with van der Waals surface area (Å²) < 4.78 is 20.2. The number of carbonyl (C=O) groups is 4. The Morgan fingerprint density at radius 2 is 1.76 bits per heavy atom. The first-order valence-corrected chi connectivity index (χ1v) is 12.0. The molecular weight excluding hydrogens is 492 g/mol. The van der Waals surface area contributed by atoms with E-state index in [2.05, 4.69) is 13.2 Å². The maximum absolute atomic E-state index is 13.1. The maximum atomic E-state index is 13.1. The van der Waals surface area contributed by atoms with Crippen molar-refractivity contribution in [3.63, 3.8) is 0 Å². The number of hydrogen-bond acceptors (Lipinski definition) is 8. The van der Waals surface area contributed by atoms with Crippen LogP contribution in [-0.4, -0.2) is 54.9 Å². The number of nitrogens with two attached hydrogens (primary N) is 1. The van der Waals surface area contributed by atoms with Gasteiger partial charge in [0.2, 0.25) is 5.91 Å². The Hall–Kier alpha value is -4.60. The average molecular weight is 521 g/mol. The molecule has 0 unspecified atom stereocenters. The minimum atomic E-state index is -0.901. The largest absolute Gasteiger partial charge is 0.508 e. The Morgan fingerprint density at radius 3 is 2.50 bits per heavy atom. The van der Waals surface area contributed by atoms with Gasteiger partial charge in [0.1, 0.15) is 25.5 Å². The molecule has 0 spiro atoms. The van der Waals surface area contributed by atoms with Crippen molar-refractivity contribution in [1.82, 2.24) is 4.90 Å². The van der Waals surface area contributed by atoms with Crippen LogP contribution >= 0.6 is 0 Å². The van der Waals surface area contributed by atoms with Gasteiger partial charge >= 0.3 is 18.2 Å². The summed E-state index contributed by atoms with van der Waals surface area (Å²) in [7, 11) is 0. The Labute approximate surface area is 219 Å². The maximum Gasteiger partial charge on any atom is 0.508 e. The molecule has 2 aromatic rings. The third kappa shape index (κ3) is 5.39. The second-order valence-corrected chi connectivity index (χ2v) is 8.75. The second kappa shape index (κ2) is 11.6. The third-order valence-electron chi connectivity index (χ3n) is 6.45. The first-order valence-electron chi connectivity index (χ1n) is 12.0. The van der Waals surface area contributed by atoms with Crippen molar-refractivity contribution in [3.8, 4) is 0 Å². The molecule has 0 bridgehead atoms. The summed E-state index contributed by atoms with van der Waals surface area (Å²) in [4.78, 5) is 50.6. The SMILES string of the molecule is C=CCOC(=O)OCC[C@@H]1C(=O)N2C(C(=O)OCC=C)=C(c3cc(COC(N)=O)c4ccccc4c3)C[C@H]12. The number of ether oxygens (including phenoxy) is 4. The molecule has 10 heteroatoms. The molecule has 2 aliphatic rings. The monoisotopic (exact) mass is 520 g/mol. The van der Waals surface area contributed by atoms with E-state index in [1.807, 2.05) is 36.4 Å². The van der Waals surface area contributed by atoms with Crippen molar-refractivity contribution >= 4 is 40.5 Å². The summed E-state index contributed by atoms with van der Waals surface area (Å²) in [5.74, 6) is -1.33. The van der Waals surface area contributed by atoms with Crippen LogP contribution in [0.4, 0.5) is 9.59 Å². The van der Waals surface area contributed by atoms with Crippen LogP contribution in [0.25, 0.3) is 16.3 Å². The number of carbonyl (C=O) groups excluding carboxylic acids is 4. The van der Waals surface area contributed by atoms with Gasteiger partial charge in [-0.05, 0) is 52.4 Å². The molecule has 2 atom stereocenters. The molecule has 2 aliphatic heterocycles. The number of esters is 1. The fourth-order valence-corrected chi connectivity index (χ4v) is 4.83. The highest BCUT2D eigenvalue weighted by Crippen LogP contribution is 2.47. The Bertz CT molecular complexity index is 1330. The molecule has 1 fully saturated rings. The normalized spacial score (nSPS) is 17.9. The summed E-state index contributed by atoms with van der Waals surface area (Å²) in [6.07, 6.45) is 1.80. The molecule has 0 radical (unpaired) electrons. The minimum absolute atomic E-state index is 0.00706. The van der Waals surface area contributed by atoms with E-state index in [9.17, 15) is 19.2 Å². The van der Waals surface area contributed by atoms with E-state index in [4.69, 9.17) is 24.7 Å². The van der Waals surface area contributed by atoms with E-state index >= 15 is 0 Å². The van der Waals surface area contributed by atoms with Gasteiger partial charge in [0, 0.05) is 0 Å². The summed E-state index contributed by atoms with van der Waals surface area (Å²) in [6.45, 7) is 6.99. The Kier molecular flexibility index (Phi) is 8.10. The molecule has 2 heterocycles. The predicted octanol–water partition coefficient (Wildman–Crippen LogP) is 3.84. The van der Waals surface area contributed by atoms with Crippen LogP contribution < -0.4 is 5.73 Å². The number of benzene rings is 2. The van der Waals surface area contributed by atoms with Crippen molar-refractivity contribution in [2.45, 2.75) is 25.5 Å². The van der Waals surface area contributed by atoms with Gasteiger partial charge in [-0.3, -0.25) is 4.79 Å². The minimum Gasteiger partial charge on any atom is -0.457 e. The lowest BCUT2D eigenvalue weighted by molar-refractivity contribution is -0.157. The molecule has 38 heavy (non-hydrogen) atoms. The van der Waals surface area contributed by atoms with E-state index in [0.717, 1.165) is 10.8 Å². The van der Waals surface area contributed by atoms with Crippen LogP contribution in [0.15, 0.2) is 67.4 Å². The average Bonchev–Trinajstić information content (AvgIpc) is 3.27. The number of nitrogens with zero attached hydrogens (tertiary/aromatic N) is 1. The van der Waals surface area contributed by atoms with Crippen molar-refractivity contribution in [1.29, 1.82) is 0 Å². The number of rotatable bonds is 11. The summed E-state index contributed by atoms with van der Waals surface area (Å²) in [5.41, 5.74) is 7.39. The molecule has 4 rings (SSSR count). The van der Waals surface area contributed by atoms with Crippen LogP contribution in [-0.2, 0) is 35.1 Å². The lowest BCUT2D eigenvalue weighted by atomic mass is 9.83. The fraction of sp³-hybridized carbons (Fsp3) is 0.286. The van der Waals surface area contributed by atoms with Gasteiger partial charge in [-0.25, -0.2) is 14.4 Å². The number of amides is 2. The van der Waals surface area contributed by atoms with Crippen molar-refractivity contribution in [3.05, 3.63) is 78.5 Å².